The summed E-state index contributed by atoms with van der Waals surface area (Å²) in [4.78, 5) is 0. The molecule has 3 N–H and O–H groups in total. The van der Waals surface area contributed by atoms with Gasteiger partial charge in [0.25, 0.3) is 0 Å². The minimum Gasteiger partial charge on any atom is -0.375 e. The molecule has 0 aliphatic rings. The number of alkyl halides is 3. The molecule has 0 unspecified atom stereocenters. The molecule has 0 heterocycles. The van der Waals surface area contributed by atoms with Gasteiger partial charge in [-0.2, -0.15) is 18.3 Å². The highest BCUT2D eigenvalue weighted by Gasteiger charge is 2.36. The Bertz CT molecular complexity index is 540. The first-order chi connectivity index (χ1) is 8.64. The summed E-state index contributed by atoms with van der Waals surface area (Å²) in [6, 6.07) is -0.166. The standard InChI is InChI=1S/C9H5F6N3S/c10-5-1-4(9(13,14)15)3(6(11)7(5)12)2-17-18-8(16)19/h1-2H,(H3,16,18,19). The fourth-order valence-electron chi connectivity index (χ4n) is 1.13. The van der Waals surface area contributed by atoms with Gasteiger partial charge in [0.15, 0.2) is 22.6 Å². The van der Waals surface area contributed by atoms with E-state index in [0.29, 0.717) is 6.21 Å². The fourth-order valence-corrected chi connectivity index (χ4v) is 1.18. The summed E-state index contributed by atoms with van der Waals surface area (Å²) >= 11 is 4.30. The third-order valence-electron chi connectivity index (χ3n) is 1.87. The molecule has 1 aromatic carbocycles. The lowest BCUT2D eigenvalue weighted by molar-refractivity contribution is -0.138. The minimum absolute atomic E-state index is 0.166. The predicted octanol–water partition coefficient (Wildman–Crippen LogP) is 2.29. The first-order valence-corrected chi connectivity index (χ1v) is 4.88. The monoisotopic (exact) mass is 301 g/mol. The molecule has 0 spiro atoms. The zero-order chi connectivity index (χ0) is 14.8. The van der Waals surface area contributed by atoms with Crippen molar-refractivity contribution in [2.45, 2.75) is 6.18 Å². The Morgan fingerprint density at radius 2 is 1.84 bits per heavy atom. The van der Waals surface area contributed by atoms with Gasteiger partial charge in [0.2, 0.25) is 0 Å². The van der Waals surface area contributed by atoms with E-state index in [4.69, 9.17) is 5.73 Å². The lowest BCUT2D eigenvalue weighted by Crippen LogP contribution is -2.24. The minimum atomic E-state index is -5.08. The highest BCUT2D eigenvalue weighted by Crippen LogP contribution is 2.34. The molecule has 0 bridgehead atoms. The van der Waals surface area contributed by atoms with Crippen LogP contribution in [0.5, 0.6) is 0 Å². The zero-order valence-corrected chi connectivity index (χ0v) is 9.67. The molecule has 10 heteroatoms. The molecule has 0 radical (unpaired) electrons. The average Bonchev–Trinajstić information content (AvgIpc) is 2.27. The van der Waals surface area contributed by atoms with Gasteiger partial charge in [0.1, 0.15) is 0 Å². The van der Waals surface area contributed by atoms with Crippen LogP contribution in [-0.4, -0.2) is 11.3 Å². The summed E-state index contributed by atoms with van der Waals surface area (Å²) in [7, 11) is 0. The van der Waals surface area contributed by atoms with Crippen molar-refractivity contribution in [2.75, 3.05) is 0 Å². The Hall–Kier alpha value is -1.84. The third-order valence-corrected chi connectivity index (χ3v) is 1.97. The number of nitrogens with one attached hydrogen (secondary N) is 1. The van der Waals surface area contributed by atoms with Crippen LogP contribution < -0.4 is 11.2 Å². The van der Waals surface area contributed by atoms with E-state index in [1.54, 1.807) is 0 Å². The van der Waals surface area contributed by atoms with Crippen molar-refractivity contribution in [3.05, 3.63) is 34.6 Å². The van der Waals surface area contributed by atoms with E-state index in [1.807, 2.05) is 5.43 Å². The molecular weight excluding hydrogens is 296 g/mol. The summed E-state index contributed by atoms with van der Waals surface area (Å²) in [6.45, 7) is 0. The van der Waals surface area contributed by atoms with Crippen LogP contribution in [0.4, 0.5) is 26.3 Å². The smallest absolute Gasteiger partial charge is 0.375 e. The Balaban J connectivity index is 3.38. The van der Waals surface area contributed by atoms with Crippen LogP contribution in [0.15, 0.2) is 11.2 Å². The highest BCUT2D eigenvalue weighted by molar-refractivity contribution is 7.80. The molecule has 0 fully saturated rings. The second-order valence-corrected chi connectivity index (χ2v) is 3.62. The Kier molecular flexibility index (Phi) is 4.35. The lowest BCUT2D eigenvalue weighted by Gasteiger charge is -2.11. The van der Waals surface area contributed by atoms with Gasteiger partial charge < -0.3 is 5.73 Å². The van der Waals surface area contributed by atoms with Crippen molar-refractivity contribution in [2.24, 2.45) is 10.8 Å². The Morgan fingerprint density at radius 1 is 1.26 bits per heavy atom. The normalized spacial score (nSPS) is 11.9. The second-order valence-electron chi connectivity index (χ2n) is 3.18. The maximum absolute atomic E-state index is 13.3. The van der Waals surface area contributed by atoms with Crippen LogP contribution >= 0.6 is 12.2 Å². The first kappa shape index (κ1) is 15.2. The number of hydrazone groups is 1. The van der Waals surface area contributed by atoms with E-state index >= 15 is 0 Å². The molecule has 1 rings (SSSR count). The summed E-state index contributed by atoms with van der Waals surface area (Å²) < 4.78 is 76.6. The second kappa shape index (κ2) is 5.43. The number of thiocarbonyl (C=S) groups is 1. The number of nitrogens with two attached hydrogens (primary N) is 1. The van der Waals surface area contributed by atoms with Gasteiger partial charge in [-0.1, -0.05) is 0 Å². The average molecular weight is 301 g/mol. The highest BCUT2D eigenvalue weighted by atomic mass is 32.1. The van der Waals surface area contributed by atoms with Gasteiger partial charge in [-0.25, -0.2) is 13.2 Å². The van der Waals surface area contributed by atoms with E-state index < -0.39 is 39.9 Å². The molecule has 0 saturated heterocycles. The molecule has 104 valence electrons. The number of halogens is 6. The van der Waals surface area contributed by atoms with E-state index in [9.17, 15) is 26.3 Å². The molecule has 0 atom stereocenters. The van der Waals surface area contributed by atoms with Crippen molar-refractivity contribution in [1.29, 1.82) is 0 Å². The van der Waals surface area contributed by atoms with Crippen molar-refractivity contribution >= 4 is 23.5 Å². The van der Waals surface area contributed by atoms with Gasteiger partial charge in [-0.15, -0.1) is 0 Å². The van der Waals surface area contributed by atoms with Crippen LogP contribution in [0.25, 0.3) is 0 Å². The SMILES string of the molecule is NC(=S)NN=Cc1c(C(F)(F)F)cc(F)c(F)c1F. The fraction of sp³-hybridized carbons (Fsp3) is 0.111. The summed E-state index contributed by atoms with van der Waals surface area (Å²) in [5.41, 5.74) is 3.81. The number of hydrogen-bond acceptors (Lipinski definition) is 2. The van der Waals surface area contributed by atoms with Crippen molar-refractivity contribution in [1.82, 2.24) is 5.43 Å². The summed E-state index contributed by atoms with van der Waals surface area (Å²) in [5, 5.41) is 2.68. The predicted molar refractivity (Wildman–Crippen MR) is 58.8 cm³/mol. The summed E-state index contributed by atoms with van der Waals surface area (Å²) in [6.07, 6.45) is -4.78. The van der Waals surface area contributed by atoms with Crippen molar-refractivity contribution in [3.63, 3.8) is 0 Å². The maximum atomic E-state index is 13.3. The van der Waals surface area contributed by atoms with Gasteiger partial charge in [0, 0.05) is 5.56 Å². The van der Waals surface area contributed by atoms with Crippen molar-refractivity contribution in [3.8, 4) is 0 Å². The van der Waals surface area contributed by atoms with Crippen LogP contribution in [-0.2, 0) is 6.18 Å². The van der Waals surface area contributed by atoms with Gasteiger partial charge >= 0.3 is 6.18 Å². The van der Waals surface area contributed by atoms with Gasteiger partial charge in [-0.3, -0.25) is 5.43 Å². The topological polar surface area (TPSA) is 50.4 Å². The molecule has 0 aromatic heterocycles. The number of nitrogens with zero attached hydrogens (tertiary/aromatic N) is 1. The number of hydrogen-bond donors (Lipinski definition) is 2. The third kappa shape index (κ3) is 3.56. The van der Waals surface area contributed by atoms with Crippen LogP contribution in [0.1, 0.15) is 11.1 Å². The van der Waals surface area contributed by atoms with Crippen LogP contribution in [0, 0.1) is 17.5 Å². The van der Waals surface area contributed by atoms with Crippen LogP contribution in [0.2, 0.25) is 0 Å². The molecule has 0 aliphatic carbocycles. The molecular formula is C9H5F6N3S. The Labute approximate surface area is 108 Å². The maximum Gasteiger partial charge on any atom is 0.417 e. The van der Waals surface area contributed by atoms with E-state index in [1.165, 1.54) is 0 Å². The molecule has 1 aromatic rings. The number of benzene rings is 1. The molecule has 0 amide bonds. The van der Waals surface area contributed by atoms with Crippen molar-refractivity contribution < 1.29 is 26.3 Å². The largest absolute Gasteiger partial charge is 0.417 e. The lowest BCUT2D eigenvalue weighted by atomic mass is 10.1. The molecule has 3 nitrogen and oxygen atoms in total. The Morgan fingerprint density at radius 3 is 2.32 bits per heavy atom. The van der Waals surface area contributed by atoms with E-state index in [2.05, 4.69) is 17.3 Å². The molecule has 19 heavy (non-hydrogen) atoms. The van der Waals surface area contributed by atoms with Gasteiger partial charge in [-0.05, 0) is 18.3 Å². The zero-order valence-electron chi connectivity index (χ0n) is 8.86. The van der Waals surface area contributed by atoms with E-state index in [-0.39, 0.29) is 6.07 Å². The van der Waals surface area contributed by atoms with Crippen LogP contribution in [0.3, 0.4) is 0 Å². The van der Waals surface area contributed by atoms with Gasteiger partial charge in [0.05, 0.1) is 11.8 Å². The molecule has 0 aliphatic heterocycles. The summed E-state index contributed by atoms with van der Waals surface area (Å²) in [5.74, 6) is -6.00. The van der Waals surface area contributed by atoms with E-state index in [0.717, 1.165) is 0 Å². The molecule has 0 saturated carbocycles. The quantitative estimate of drug-likeness (QED) is 0.290. The number of rotatable bonds is 2. The first-order valence-electron chi connectivity index (χ1n) is 4.47.